The average molecular weight is 307 g/mol. The zero-order valence-electron chi connectivity index (χ0n) is 8.92. The number of nitrogens with zero attached hydrogens (tertiary/aromatic N) is 1. The summed E-state index contributed by atoms with van der Waals surface area (Å²) in [5.41, 5.74) is 1.16. The van der Waals surface area contributed by atoms with Gasteiger partial charge < -0.3 is 5.11 Å². The molecule has 0 radical (unpaired) electrons. The Morgan fingerprint density at radius 2 is 1.83 bits per heavy atom. The Hall–Kier alpha value is -0.870. The van der Waals surface area contributed by atoms with E-state index in [1.54, 1.807) is 12.1 Å². The maximum absolute atomic E-state index is 13.3. The highest BCUT2D eigenvalue weighted by atomic mass is 35.5. The fraction of sp³-hybridized carbons (Fsp3) is 0.0833. The first-order valence-electron chi connectivity index (χ1n) is 4.94. The van der Waals surface area contributed by atoms with E-state index in [1.165, 1.54) is 6.07 Å². The molecule has 0 unspecified atom stereocenters. The van der Waals surface area contributed by atoms with Crippen LogP contribution in [0.15, 0.2) is 24.3 Å². The van der Waals surface area contributed by atoms with Crippen LogP contribution >= 0.6 is 34.8 Å². The van der Waals surface area contributed by atoms with Crippen LogP contribution in [0.4, 0.5) is 4.39 Å². The molecule has 1 aromatic heterocycles. The van der Waals surface area contributed by atoms with Gasteiger partial charge in [-0.05, 0) is 29.8 Å². The average Bonchev–Trinajstić information content (AvgIpc) is 2.35. The molecule has 0 spiro atoms. The van der Waals surface area contributed by atoms with E-state index in [2.05, 4.69) is 4.98 Å². The van der Waals surface area contributed by atoms with Crippen molar-refractivity contribution in [2.75, 3.05) is 0 Å². The fourth-order valence-electron chi connectivity index (χ4n) is 1.50. The van der Waals surface area contributed by atoms with Crippen LogP contribution in [0.25, 0.3) is 11.3 Å². The third-order valence-corrected chi connectivity index (χ3v) is 3.64. The van der Waals surface area contributed by atoms with E-state index in [9.17, 15) is 4.39 Å². The van der Waals surface area contributed by atoms with E-state index in [4.69, 9.17) is 39.9 Å². The molecule has 0 saturated heterocycles. The topological polar surface area (TPSA) is 33.1 Å². The minimum Gasteiger partial charge on any atom is -0.392 e. The van der Waals surface area contributed by atoms with E-state index in [-0.39, 0.29) is 16.7 Å². The minimum atomic E-state index is -0.696. The van der Waals surface area contributed by atoms with Gasteiger partial charge in [0.05, 0.1) is 27.4 Å². The molecule has 0 bridgehead atoms. The van der Waals surface area contributed by atoms with Gasteiger partial charge in [-0.15, -0.1) is 0 Å². The van der Waals surface area contributed by atoms with Crippen LogP contribution in [-0.2, 0) is 6.61 Å². The Bertz CT molecular complexity index is 604. The number of aliphatic hydroxyl groups excluding tert-OH is 1. The Morgan fingerprint density at radius 3 is 2.50 bits per heavy atom. The maximum atomic E-state index is 13.3. The molecular formula is C12H7Cl3FNO. The number of hydrogen-bond donors (Lipinski definition) is 1. The van der Waals surface area contributed by atoms with Crippen LogP contribution in [0.2, 0.25) is 15.1 Å². The molecule has 0 aliphatic carbocycles. The number of benzene rings is 1. The lowest BCUT2D eigenvalue weighted by Gasteiger charge is -2.08. The van der Waals surface area contributed by atoms with Gasteiger partial charge >= 0.3 is 0 Å². The third kappa shape index (κ3) is 2.59. The summed E-state index contributed by atoms with van der Waals surface area (Å²) in [6.07, 6.45) is 0. The third-order valence-electron chi connectivity index (χ3n) is 2.35. The van der Waals surface area contributed by atoms with Gasteiger partial charge in [-0.2, -0.15) is 4.39 Å². The van der Waals surface area contributed by atoms with Crippen molar-refractivity contribution in [1.29, 1.82) is 0 Å². The largest absolute Gasteiger partial charge is 0.392 e. The minimum absolute atomic E-state index is 0.187. The normalized spacial score (nSPS) is 10.7. The molecule has 94 valence electrons. The van der Waals surface area contributed by atoms with E-state index in [0.29, 0.717) is 21.8 Å². The number of rotatable bonds is 2. The molecule has 2 rings (SSSR count). The molecule has 6 heteroatoms. The second-order valence-electron chi connectivity index (χ2n) is 3.56. The van der Waals surface area contributed by atoms with Gasteiger partial charge in [-0.25, -0.2) is 4.98 Å². The highest BCUT2D eigenvalue weighted by Crippen LogP contribution is 2.37. The van der Waals surface area contributed by atoms with Crippen LogP contribution in [0.3, 0.4) is 0 Å². The van der Waals surface area contributed by atoms with Crippen molar-refractivity contribution in [3.05, 3.63) is 50.8 Å². The van der Waals surface area contributed by atoms with Crippen molar-refractivity contribution in [1.82, 2.24) is 4.98 Å². The van der Waals surface area contributed by atoms with E-state index >= 15 is 0 Å². The van der Waals surface area contributed by atoms with Gasteiger partial charge in [0.1, 0.15) is 0 Å². The van der Waals surface area contributed by atoms with Gasteiger partial charge in [0.15, 0.2) is 0 Å². The smallest absolute Gasteiger partial charge is 0.213 e. The van der Waals surface area contributed by atoms with Gasteiger partial charge in [0.25, 0.3) is 0 Å². The second kappa shape index (κ2) is 5.41. The predicted octanol–water partition coefficient (Wildman–Crippen LogP) is 4.34. The van der Waals surface area contributed by atoms with Crippen LogP contribution in [-0.4, -0.2) is 10.1 Å². The van der Waals surface area contributed by atoms with Gasteiger partial charge in [-0.3, -0.25) is 0 Å². The molecule has 1 heterocycles. The highest BCUT2D eigenvalue weighted by molar-refractivity contribution is 6.49. The quantitative estimate of drug-likeness (QED) is 0.661. The molecule has 0 amide bonds. The first-order chi connectivity index (χ1) is 8.52. The van der Waals surface area contributed by atoms with Gasteiger partial charge in [0.2, 0.25) is 5.95 Å². The van der Waals surface area contributed by atoms with E-state index in [1.807, 2.05) is 0 Å². The zero-order chi connectivity index (χ0) is 13.3. The fourth-order valence-corrected chi connectivity index (χ4v) is 2.14. The summed E-state index contributed by atoms with van der Waals surface area (Å²) in [4.78, 5) is 3.72. The van der Waals surface area contributed by atoms with Crippen LogP contribution < -0.4 is 0 Å². The van der Waals surface area contributed by atoms with Crippen molar-refractivity contribution in [3.63, 3.8) is 0 Å². The van der Waals surface area contributed by atoms with Crippen molar-refractivity contribution < 1.29 is 9.50 Å². The maximum Gasteiger partial charge on any atom is 0.213 e. The molecule has 0 atom stereocenters. The summed E-state index contributed by atoms with van der Waals surface area (Å²) < 4.78 is 13.3. The summed E-state index contributed by atoms with van der Waals surface area (Å²) in [5.74, 6) is -0.696. The van der Waals surface area contributed by atoms with E-state index < -0.39 is 5.95 Å². The second-order valence-corrected chi connectivity index (χ2v) is 4.73. The van der Waals surface area contributed by atoms with Crippen molar-refractivity contribution in [2.45, 2.75) is 6.61 Å². The van der Waals surface area contributed by atoms with Crippen molar-refractivity contribution >= 4 is 34.8 Å². The molecule has 0 fully saturated rings. The summed E-state index contributed by atoms with van der Waals surface area (Å²) in [5, 5.41) is 9.72. The number of aromatic nitrogens is 1. The molecule has 0 saturated carbocycles. The number of halogens is 4. The van der Waals surface area contributed by atoms with Gasteiger partial charge in [0, 0.05) is 5.56 Å². The molecule has 18 heavy (non-hydrogen) atoms. The van der Waals surface area contributed by atoms with Gasteiger partial charge in [-0.1, -0.05) is 34.8 Å². The summed E-state index contributed by atoms with van der Waals surface area (Å²) >= 11 is 17.8. The lowest BCUT2D eigenvalue weighted by Crippen LogP contribution is -1.94. The molecular weight excluding hydrogens is 299 g/mol. The lowest BCUT2D eigenvalue weighted by atomic mass is 10.1. The molecule has 0 aliphatic rings. The Balaban J connectivity index is 2.62. The Morgan fingerprint density at radius 1 is 1.11 bits per heavy atom. The summed E-state index contributed by atoms with van der Waals surface area (Å²) in [7, 11) is 0. The Labute approximate surface area is 118 Å². The van der Waals surface area contributed by atoms with Crippen LogP contribution in [0.1, 0.15) is 5.56 Å². The van der Waals surface area contributed by atoms with Crippen molar-refractivity contribution in [3.8, 4) is 11.3 Å². The lowest BCUT2D eigenvalue weighted by molar-refractivity contribution is 0.281. The Kier molecular flexibility index (Phi) is 4.07. The number of pyridine rings is 1. The molecule has 0 aliphatic heterocycles. The molecule has 2 nitrogen and oxygen atoms in total. The predicted molar refractivity (Wildman–Crippen MR) is 70.6 cm³/mol. The molecule has 2 aromatic rings. The highest BCUT2D eigenvalue weighted by Gasteiger charge is 2.13. The monoisotopic (exact) mass is 305 g/mol. The van der Waals surface area contributed by atoms with E-state index in [0.717, 1.165) is 6.07 Å². The number of hydrogen-bond acceptors (Lipinski definition) is 2. The first-order valence-corrected chi connectivity index (χ1v) is 6.07. The zero-order valence-corrected chi connectivity index (χ0v) is 11.2. The van der Waals surface area contributed by atoms with Crippen LogP contribution in [0.5, 0.6) is 0 Å². The molecule has 1 N–H and O–H groups in total. The summed E-state index contributed by atoms with van der Waals surface area (Å²) in [6, 6.07) is 5.83. The van der Waals surface area contributed by atoms with Crippen molar-refractivity contribution in [2.24, 2.45) is 0 Å². The SMILES string of the molecule is OCc1cc(F)nc(-c2ccc(Cl)c(Cl)c2Cl)c1. The molecule has 1 aromatic carbocycles. The first kappa shape index (κ1) is 13.6. The van der Waals surface area contributed by atoms with Crippen LogP contribution in [0, 0.1) is 5.95 Å². The summed E-state index contributed by atoms with van der Waals surface area (Å²) in [6.45, 7) is -0.286. The standard InChI is InChI=1S/C12H7Cl3FNO/c13-8-2-1-7(11(14)12(8)15)9-3-6(5-18)4-10(16)17-9/h1-4,18H,5H2. The number of aliphatic hydroxyl groups is 1.